The Kier molecular flexibility index (Phi) is 24.8. The van der Waals surface area contributed by atoms with Crippen LogP contribution in [0.2, 0.25) is 0 Å². The molecule has 0 aromatic heterocycles. The number of phosphoric ester groups is 1. The number of carbonyl (C=O) groups is 3. The first-order valence-corrected chi connectivity index (χ1v) is 19.2. The summed E-state index contributed by atoms with van der Waals surface area (Å²) in [6, 6.07) is -1.48. The minimum absolute atomic E-state index is 0.0719. The third kappa shape index (κ3) is 26.9. The van der Waals surface area contributed by atoms with E-state index in [1.807, 2.05) is 0 Å². The predicted octanol–water partition coefficient (Wildman–Crippen LogP) is 9.30. The minimum Gasteiger partial charge on any atom is -0.466 e. The van der Waals surface area contributed by atoms with Gasteiger partial charge >= 0.3 is 25.9 Å². The van der Waals surface area contributed by atoms with E-state index in [2.05, 4.69) is 24.4 Å². The number of rotatable bonds is 27. The van der Waals surface area contributed by atoms with Crippen LogP contribution in [0.4, 0.5) is 4.79 Å². The summed E-state index contributed by atoms with van der Waals surface area (Å²) in [5.74, 6) is -1.30. The van der Waals surface area contributed by atoms with Crippen molar-refractivity contribution in [2.24, 2.45) is 0 Å². The molecule has 0 aliphatic rings. The number of carbonyl (C=O) groups excluding carboxylic acids is 3. The van der Waals surface area contributed by atoms with Gasteiger partial charge < -0.3 is 14.8 Å². The molecule has 1 N–H and O–H groups in total. The van der Waals surface area contributed by atoms with Gasteiger partial charge in [0.05, 0.1) is 19.3 Å². The van der Waals surface area contributed by atoms with Crippen molar-refractivity contribution in [2.45, 2.75) is 175 Å². The molecule has 0 spiro atoms. The number of alkyl carbamates (subject to hydrolysis) is 1. The van der Waals surface area contributed by atoms with E-state index in [0.29, 0.717) is 6.42 Å². The molecule has 1 amide bonds. The lowest BCUT2D eigenvalue weighted by Crippen LogP contribution is -2.51. The van der Waals surface area contributed by atoms with E-state index in [9.17, 15) is 18.9 Å². The maximum atomic E-state index is 13.1. The second kappa shape index (κ2) is 25.9. The molecule has 1 unspecified atom stereocenters. The molecule has 0 saturated carbocycles. The second-order valence-corrected chi connectivity index (χ2v) is 15.6. The van der Waals surface area contributed by atoms with Gasteiger partial charge in [0.1, 0.15) is 11.2 Å². The van der Waals surface area contributed by atoms with E-state index in [4.69, 9.17) is 32.8 Å². The first-order chi connectivity index (χ1) is 22.5. The van der Waals surface area contributed by atoms with E-state index in [0.717, 1.165) is 39.2 Å². The number of nitrogens with one attached hydrogen (secondary N) is 1. The second-order valence-electron chi connectivity index (χ2n) is 13.9. The molecule has 0 bridgehead atoms. The Balaban J connectivity index is 4.39. The van der Waals surface area contributed by atoms with Crippen LogP contribution in [-0.2, 0) is 47.0 Å². The quantitative estimate of drug-likeness (QED) is 0.0218. The van der Waals surface area contributed by atoms with E-state index >= 15 is 0 Å². The highest BCUT2D eigenvalue weighted by Gasteiger charge is 2.38. The molecule has 282 valence electrons. The Morgan fingerprint density at radius 2 is 1.33 bits per heavy atom. The molecule has 0 radical (unpaired) electrons. The van der Waals surface area contributed by atoms with Crippen molar-refractivity contribution >= 4 is 25.9 Å². The topological polar surface area (TPSA) is 145 Å². The van der Waals surface area contributed by atoms with Gasteiger partial charge in [-0.1, -0.05) is 70.4 Å². The highest BCUT2D eigenvalue weighted by Crippen LogP contribution is 2.50. The van der Waals surface area contributed by atoms with Gasteiger partial charge in [0.15, 0.2) is 6.04 Å². The van der Waals surface area contributed by atoms with Crippen LogP contribution in [0.5, 0.6) is 0 Å². The van der Waals surface area contributed by atoms with E-state index in [1.54, 1.807) is 41.5 Å². The molecular weight excluding hydrogens is 641 g/mol. The van der Waals surface area contributed by atoms with Gasteiger partial charge in [0.2, 0.25) is 0 Å². The number of phosphoric acid groups is 1. The lowest BCUT2D eigenvalue weighted by molar-refractivity contribution is -0.322. The van der Waals surface area contributed by atoms with Gasteiger partial charge in [0.25, 0.3) is 0 Å². The van der Waals surface area contributed by atoms with Crippen LogP contribution in [0, 0.1) is 0 Å². The summed E-state index contributed by atoms with van der Waals surface area (Å²) in [6.07, 6.45) is 18.5. The standard InChI is InChI=1S/C35H66NO11P/c1-10-11-12-13-14-15-16-17-18-19-20-21-22-23-24-26-30(37)42-27-25-28-43-48(40,41-9)46-29(2)31(32(38)45-47-35(6,7)8)36-33(39)44-34(3,4)5/h17-18,29,31H,10-16,19-28H2,1-9H3,(H,36,39)/b18-17+/t29-,31+,48?/m1/s1. The van der Waals surface area contributed by atoms with Crippen LogP contribution in [0.15, 0.2) is 12.2 Å². The van der Waals surface area contributed by atoms with E-state index in [1.165, 1.54) is 58.3 Å². The summed E-state index contributed by atoms with van der Waals surface area (Å²) >= 11 is 0. The minimum atomic E-state index is -4.18. The fraction of sp³-hybridized carbons (Fsp3) is 0.857. The monoisotopic (exact) mass is 707 g/mol. The van der Waals surface area contributed by atoms with Gasteiger partial charge in [-0.25, -0.2) is 14.2 Å². The number of hydrogen-bond acceptors (Lipinski definition) is 11. The van der Waals surface area contributed by atoms with Gasteiger partial charge in [-0.3, -0.25) is 23.3 Å². The van der Waals surface area contributed by atoms with Gasteiger partial charge in [-0.2, -0.15) is 4.89 Å². The van der Waals surface area contributed by atoms with Gasteiger partial charge in [-0.15, -0.1) is 0 Å². The Morgan fingerprint density at radius 1 is 0.771 bits per heavy atom. The van der Waals surface area contributed by atoms with Crippen LogP contribution in [-0.4, -0.2) is 61.7 Å². The van der Waals surface area contributed by atoms with Crippen LogP contribution in [0.25, 0.3) is 0 Å². The Bertz CT molecular complexity index is 959. The molecule has 12 nitrogen and oxygen atoms in total. The SMILES string of the molecule is CCCCCCCC/C=C/CCCCCCCC(=O)OCCCOP(=O)(OC)O[C@H](C)[C@H](NC(=O)OC(C)(C)C)C(=O)OOC(C)(C)C. The molecular formula is C35H66NO11P. The van der Waals surface area contributed by atoms with Crippen LogP contribution in [0.1, 0.15) is 152 Å². The highest BCUT2D eigenvalue weighted by molar-refractivity contribution is 7.48. The van der Waals surface area contributed by atoms with Crippen LogP contribution < -0.4 is 5.32 Å². The number of allylic oxidation sites excluding steroid dienone is 2. The van der Waals surface area contributed by atoms with Crippen molar-refractivity contribution in [2.75, 3.05) is 20.3 Å². The lowest BCUT2D eigenvalue weighted by atomic mass is 10.1. The zero-order valence-corrected chi connectivity index (χ0v) is 32.2. The Morgan fingerprint density at radius 3 is 1.88 bits per heavy atom. The van der Waals surface area contributed by atoms with Crippen molar-refractivity contribution in [1.29, 1.82) is 0 Å². The van der Waals surface area contributed by atoms with Crippen LogP contribution in [0.3, 0.4) is 0 Å². The summed E-state index contributed by atoms with van der Waals surface area (Å²) in [4.78, 5) is 47.2. The average Bonchev–Trinajstić information content (AvgIpc) is 2.99. The van der Waals surface area contributed by atoms with Crippen molar-refractivity contribution in [1.82, 2.24) is 5.32 Å². The maximum Gasteiger partial charge on any atom is 0.474 e. The molecule has 48 heavy (non-hydrogen) atoms. The molecule has 0 aliphatic heterocycles. The molecule has 0 heterocycles. The largest absolute Gasteiger partial charge is 0.474 e. The first-order valence-electron chi connectivity index (χ1n) is 17.7. The number of esters is 1. The zero-order chi connectivity index (χ0) is 36.5. The van der Waals surface area contributed by atoms with Crippen molar-refractivity contribution in [3.05, 3.63) is 12.2 Å². The Labute approximate surface area is 290 Å². The molecule has 0 fully saturated rings. The first kappa shape index (κ1) is 46.0. The average molecular weight is 708 g/mol. The highest BCUT2D eigenvalue weighted by atomic mass is 31.2. The van der Waals surface area contributed by atoms with Gasteiger partial charge in [-0.05, 0) is 80.6 Å². The fourth-order valence-corrected chi connectivity index (χ4v) is 5.38. The molecule has 0 aromatic carbocycles. The van der Waals surface area contributed by atoms with Gasteiger partial charge in [0, 0.05) is 20.0 Å². The van der Waals surface area contributed by atoms with Crippen molar-refractivity contribution in [3.8, 4) is 0 Å². The smallest absolute Gasteiger partial charge is 0.466 e. The Hall–Kier alpha value is -1.98. The summed E-state index contributed by atoms with van der Waals surface area (Å²) in [5, 5.41) is 2.36. The fourth-order valence-electron chi connectivity index (χ4n) is 4.24. The van der Waals surface area contributed by atoms with Crippen molar-refractivity contribution in [3.63, 3.8) is 0 Å². The third-order valence-corrected chi connectivity index (χ3v) is 8.27. The predicted molar refractivity (Wildman–Crippen MR) is 186 cm³/mol. The number of ether oxygens (including phenoxy) is 2. The summed E-state index contributed by atoms with van der Waals surface area (Å²) in [5.41, 5.74) is -1.67. The number of unbranched alkanes of at least 4 members (excludes halogenated alkanes) is 11. The van der Waals surface area contributed by atoms with E-state index in [-0.39, 0.29) is 25.6 Å². The summed E-state index contributed by atoms with van der Waals surface area (Å²) < 4.78 is 39.4. The molecule has 0 aliphatic carbocycles. The summed E-state index contributed by atoms with van der Waals surface area (Å²) in [7, 11) is -3.06. The summed E-state index contributed by atoms with van der Waals surface area (Å²) in [6.45, 7) is 13.6. The molecule has 13 heteroatoms. The van der Waals surface area contributed by atoms with E-state index < -0.39 is 43.2 Å². The van der Waals surface area contributed by atoms with Crippen molar-refractivity contribution < 1.29 is 51.8 Å². The molecule has 3 atom stereocenters. The van der Waals surface area contributed by atoms with Crippen LogP contribution >= 0.6 is 7.82 Å². The third-order valence-electron chi connectivity index (χ3n) is 6.73. The number of hydrogen-bond donors (Lipinski definition) is 1. The normalized spacial score (nSPS) is 14.7. The lowest BCUT2D eigenvalue weighted by Gasteiger charge is -2.28. The zero-order valence-electron chi connectivity index (χ0n) is 31.3. The molecule has 0 saturated heterocycles. The molecule has 0 rings (SSSR count). The number of amides is 1. The maximum absolute atomic E-state index is 13.1. The molecule has 0 aromatic rings.